The molecular formula is C12H12N6S. The lowest BCUT2D eigenvalue weighted by Gasteiger charge is -2.04. The minimum absolute atomic E-state index is 0.673. The molecule has 0 unspecified atom stereocenters. The number of hydrogen-bond donors (Lipinski definition) is 0. The van der Waals surface area contributed by atoms with Gasteiger partial charge in [-0.2, -0.15) is 4.68 Å². The van der Waals surface area contributed by atoms with Gasteiger partial charge in [0.15, 0.2) is 11.0 Å². The summed E-state index contributed by atoms with van der Waals surface area (Å²) in [5, 5.41) is 12.8. The maximum Gasteiger partial charge on any atom is 0.168 e. The molecule has 96 valence electrons. The van der Waals surface area contributed by atoms with Gasteiger partial charge in [0.25, 0.3) is 0 Å². The fraction of sp³-hybridized carbons (Fsp3) is 0.167. The van der Waals surface area contributed by atoms with Crippen LogP contribution in [-0.4, -0.2) is 29.8 Å². The lowest BCUT2D eigenvalue weighted by Crippen LogP contribution is -2.02. The van der Waals surface area contributed by atoms with Crippen LogP contribution in [0.15, 0.2) is 47.9 Å². The van der Waals surface area contributed by atoms with Gasteiger partial charge in [0.05, 0.1) is 11.4 Å². The zero-order valence-corrected chi connectivity index (χ0v) is 11.2. The van der Waals surface area contributed by atoms with Gasteiger partial charge in [0, 0.05) is 19.4 Å². The summed E-state index contributed by atoms with van der Waals surface area (Å²) in [4.78, 5) is 4.27. The number of rotatable bonds is 4. The first-order valence-corrected chi connectivity index (χ1v) is 6.76. The molecule has 7 heteroatoms. The number of benzene rings is 1. The Kier molecular flexibility index (Phi) is 3.28. The number of nitrogens with zero attached hydrogens (tertiary/aromatic N) is 6. The van der Waals surface area contributed by atoms with Crippen molar-refractivity contribution in [3.05, 3.63) is 48.5 Å². The quantitative estimate of drug-likeness (QED) is 0.676. The van der Waals surface area contributed by atoms with E-state index in [2.05, 4.69) is 20.5 Å². The third-order valence-electron chi connectivity index (χ3n) is 2.64. The van der Waals surface area contributed by atoms with Crippen LogP contribution in [0, 0.1) is 0 Å². The van der Waals surface area contributed by atoms with Crippen molar-refractivity contribution in [1.82, 2.24) is 29.8 Å². The Labute approximate surface area is 114 Å². The molecule has 3 rings (SSSR count). The van der Waals surface area contributed by atoms with E-state index in [4.69, 9.17) is 0 Å². The summed E-state index contributed by atoms with van der Waals surface area (Å²) in [7, 11) is 1.97. The Hall–Kier alpha value is -2.15. The molecule has 6 nitrogen and oxygen atoms in total. The summed E-state index contributed by atoms with van der Waals surface area (Å²) >= 11 is 1.61. The van der Waals surface area contributed by atoms with E-state index >= 15 is 0 Å². The smallest absolute Gasteiger partial charge is 0.168 e. The van der Waals surface area contributed by atoms with E-state index in [0.717, 1.165) is 16.7 Å². The highest BCUT2D eigenvalue weighted by atomic mass is 32.2. The molecule has 0 aliphatic heterocycles. The maximum atomic E-state index is 4.27. The van der Waals surface area contributed by atoms with Gasteiger partial charge in [0.1, 0.15) is 0 Å². The van der Waals surface area contributed by atoms with Gasteiger partial charge in [-0.15, -0.1) is 5.10 Å². The van der Waals surface area contributed by atoms with Crippen molar-refractivity contribution in [1.29, 1.82) is 0 Å². The molecular weight excluding hydrogens is 260 g/mol. The topological polar surface area (TPSA) is 61.4 Å². The molecule has 0 saturated heterocycles. The van der Waals surface area contributed by atoms with E-state index in [-0.39, 0.29) is 0 Å². The van der Waals surface area contributed by atoms with Crippen LogP contribution in [-0.2, 0) is 12.8 Å². The van der Waals surface area contributed by atoms with E-state index in [1.165, 1.54) is 0 Å². The van der Waals surface area contributed by atoms with Crippen LogP contribution in [0.1, 0.15) is 5.82 Å². The number of hydrogen-bond acceptors (Lipinski definition) is 5. The van der Waals surface area contributed by atoms with Gasteiger partial charge in [0.2, 0.25) is 0 Å². The van der Waals surface area contributed by atoms with Crippen LogP contribution in [0.5, 0.6) is 0 Å². The number of aromatic nitrogens is 6. The van der Waals surface area contributed by atoms with Crippen LogP contribution in [0.2, 0.25) is 0 Å². The summed E-state index contributed by atoms with van der Waals surface area (Å²) in [6.45, 7) is 0. The van der Waals surface area contributed by atoms with Crippen molar-refractivity contribution in [2.75, 3.05) is 0 Å². The van der Waals surface area contributed by atoms with Crippen LogP contribution in [0.3, 0.4) is 0 Å². The number of imidazole rings is 1. The molecule has 19 heavy (non-hydrogen) atoms. The first-order valence-electron chi connectivity index (χ1n) is 5.77. The fourth-order valence-electron chi connectivity index (χ4n) is 1.69. The summed E-state index contributed by atoms with van der Waals surface area (Å²) in [6.07, 6.45) is 3.70. The van der Waals surface area contributed by atoms with Crippen LogP contribution >= 0.6 is 11.8 Å². The standard InChI is InChI=1S/C12H12N6S/c1-17-8-7-13-12(17)19-9-11-14-15-16-18(11)10-5-3-2-4-6-10/h2-8H,9H2,1H3. The Morgan fingerprint density at radius 1 is 1.21 bits per heavy atom. The van der Waals surface area contributed by atoms with Crippen molar-refractivity contribution in [3.63, 3.8) is 0 Å². The van der Waals surface area contributed by atoms with E-state index in [1.54, 1.807) is 22.6 Å². The summed E-state index contributed by atoms with van der Waals surface area (Å²) in [5.74, 6) is 1.48. The van der Waals surface area contributed by atoms with Gasteiger partial charge in [-0.3, -0.25) is 0 Å². The van der Waals surface area contributed by atoms with Crippen molar-refractivity contribution in [3.8, 4) is 5.69 Å². The van der Waals surface area contributed by atoms with Crippen LogP contribution in [0.4, 0.5) is 0 Å². The average molecular weight is 272 g/mol. The van der Waals surface area contributed by atoms with Crippen LogP contribution < -0.4 is 0 Å². The number of para-hydroxylation sites is 1. The molecule has 0 atom stereocenters. The Balaban J connectivity index is 1.80. The minimum atomic E-state index is 0.673. The summed E-state index contributed by atoms with van der Waals surface area (Å²) in [6, 6.07) is 9.85. The monoisotopic (exact) mass is 272 g/mol. The lowest BCUT2D eigenvalue weighted by molar-refractivity contribution is 0.773. The number of thioether (sulfide) groups is 1. The average Bonchev–Trinajstić information content (AvgIpc) is 3.06. The molecule has 2 heterocycles. The third kappa shape index (κ3) is 2.50. The molecule has 0 bridgehead atoms. The van der Waals surface area contributed by atoms with Gasteiger partial charge < -0.3 is 4.57 Å². The van der Waals surface area contributed by atoms with Crippen molar-refractivity contribution in [2.45, 2.75) is 10.9 Å². The molecule has 0 N–H and O–H groups in total. The maximum absolute atomic E-state index is 4.27. The number of tetrazole rings is 1. The highest BCUT2D eigenvalue weighted by molar-refractivity contribution is 7.98. The molecule has 2 aromatic heterocycles. The molecule has 1 aromatic carbocycles. The zero-order chi connectivity index (χ0) is 13.1. The normalized spacial score (nSPS) is 10.8. The molecule has 0 aliphatic carbocycles. The number of aryl methyl sites for hydroxylation is 1. The first-order chi connectivity index (χ1) is 9.34. The van der Waals surface area contributed by atoms with Gasteiger partial charge in [-0.1, -0.05) is 30.0 Å². The largest absolute Gasteiger partial charge is 0.329 e. The third-order valence-corrected chi connectivity index (χ3v) is 3.70. The Bertz CT molecular complexity index is 660. The SMILES string of the molecule is Cn1ccnc1SCc1nnnn1-c1ccccc1. The molecule has 0 saturated carbocycles. The van der Waals surface area contributed by atoms with Crippen LogP contribution in [0.25, 0.3) is 5.69 Å². The zero-order valence-electron chi connectivity index (χ0n) is 10.3. The van der Waals surface area contributed by atoms with Gasteiger partial charge >= 0.3 is 0 Å². The van der Waals surface area contributed by atoms with E-state index in [0.29, 0.717) is 5.75 Å². The highest BCUT2D eigenvalue weighted by Crippen LogP contribution is 2.20. The first kappa shape index (κ1) is 11.9. The molecule has 0 spiro atoms. The minimum Gasteiger partial charge on any atom is -0.329 e. The summed E-state index contributed by atoms with van der Waals surface area (Å²) < 4.78 is 3.72. The second-order valence-electron chi connectivity index (χ2n) is 3.95. The molecule has 0 amide bonds. The van der Waals surface area contributed by atoms with E-state index < -0.39 is 0 Å². The molecule has 0 radical (unpaired) electrons. The second kappa shape index (κ2) is 5.23. The van der Waals surface area contributed by atoms with E-state index in [9.17, 15) is 0 Å². The molecule has 3 aromatic rings. The molecule has 0 fully saturated rings. The van der Waals surface area contributed by atoms with Gasteiger partial charge in [-0.25, -0.2) is 4.98 Å². The van der Waals surface area contributed by atoms with Gasteiger partial charge in [-0.05, 0) is 22.6 Å². The lowest BCUT2D eigenvalue weighted by atomic mass is 10.3. The van der Waals surface area contributed by atoms with Crippen molar-refractivity contribution < 1.29 is 0 Å². The predicted molar refractivity (Wildman–Crippen MR) is 71.9 cm³/mol. The van der Waals surface area contributed by atoms with Crippen molar-refractivity contribution >= 4 is 11.8 Å². The fourth-order valence-corrected chi connectivity index (χ4v) is 2.52. The predicted octanol–water partition coefficient (Wildman–Crippen LogP) is 1.69. The summed E-state index contributed by atoms with van der Waals surface area (Å²) in [5.41, 5.74) is 0.961. The highest BCUT2D eigenvalue weighted by Gasteiger charge is 2.09. The van der Waals surface area contributed by atoms with E-state index in [1.807, 2.05) is 48.1 Å². The second-order valence-corrected chi connectivity index (χ2v) is 4.89. The van der Waals surface area contributed by atoms with Crippen molar-refractivity contribution in [2.24, 2.45) is 7.05 Å². The Morgan fingerprint density at radius 2 is 2.05 bits per heavy atom. The molecule has 0 aliphatic rings. The Morgan fingerprint density at radius 3 is 2.79 bits per heavy atom.